The molecule has 234 valence electrons. The summed E-state index contributed by atoms with van der Waals surface area (Å²) in [6, 6.07) is 21.9. The van der Waals surface area contributed by atoms with Crippen LogP contribution in [0.3, 0.4) is 0 Å². The number of hydrogen-bond acceptors (Lipinski definition) is 8. The number of anilines is 2. The molecule has 0 saturated carbocycles. The standard InChI is InChI=1S/C34H28ClN3O8/c1-43-26-13-9-21(15-28(26)44-2)31(33(41)36-23-12-14-27-29(16-23)46-19-45-27)38(17-20-7-10-22(35)11-8-20)30(39)18-37-25-6-4-3-5-24(25)32(40)34(37)42/h3-16,31H,17-19H2,1-2H3,(H,36,41). The Bertz CT molecular complexity index is 1840. The minimum Gasteiger partial charge on any atom is -0.493 e. The molecule has 2 aliphatic rings. The summed E-state index contributed by atoms with van der Waals surface area (Å²) in [5, 5.41) is 3.39. The summed E-state index contributed by atoms with van der Waals surface area (Å²) in [6.45, 7) is -0.470. The first-order valence-electron chi connectivity index (χ1n) is 14.2. The van der Waals surface area contributed by atoms with Crippen molar-refractivity contribution in [3.63, 3.8) is 0 Å². The Kier molecular flexibility index (Phi) is 8.49. The SMILES string of the molecule is COc1ccc(C(C(=O)Nc2ccc3c(c2)OCO3)N(Cc2ccc(Cl)cc2)C(=O)CN2C(=O)C(=O)c3ccccc32)cc1OC. The van der Waals surface area contributed by atoms with Crippen molar-refractivity contribution in [3.8, 4) is 23.0 Å². The number of Topliss-reactive ketones (excluding diaryl/α,β-unsaturated/α-hetero) is 1. The van der Waals surface area contributed by atoms with Crippen molar-refractivity contribution in [1.82, 2.24) is 4.90 Å². The zero-order valence-electron chi connectivity index (χ0n) is 24.8. The van der Waals surface area contributed by atoms with Crippen molar-refractivity contribution in [2.24, 2.45) is 0 Å². The fraction of sp³-hybridized carbons (Fsp3) is 0.176. The van der Waals surface area contributed by atoms with E-state index in [1.807, 2.05) is 0 Å². The number of carbonyl (C=O) groups excluding carboxylic acids is 4. The second-order valence-corrected chi connectivity index (χ2v) is 10.9. The van der Waals surface area contributed by atoms with Crippen LogP contribution in [0.2, 0.25) is 5.02 Å². The molecular weight excluding hydrogens is 614 g/mol. The van der Waals surface area contributed by atoms with E-state index < -0.39 is 36.1 Å². The van der Waals surface area contributed by atoms with E-state index in [1.54, 1.807) is 78.9 Å². The van der Waals surface area contributed by atoms with E-state index in [1.165, 1.54) is 25.2 Å². The number of nitrogens with one attached hydrogen (secondary N) is 1. The van der Waals surface area contributed by atoms with E-state index in [4.69, 9.17) is 30.5 Å². The van der Waals surface area contributed by atoms with Crippen LogP contribution in [0.5, 0.6) is 23.0 Å². The number of ether oxygens (including phenoxy) is 4. The molecule has 0 aromatic heterocycles. The maximum absolute atomic E-state index is 14.4. The van der Waals surface area contributed by atoms with Crippen LogP contribution in [0, 0.1) is 0 Å². The normalized spacial score (nSPS) is 13.7. The average molecular weight is 642 g/mol. The number of fused-ring (bicyclic) bond motifs is 2. The number of para-hydroxylation sites is 1. The van der Waals surface area contributed by atoms with Gasteiger partial charge in [-0.25, -0.2) is 0 Å². The lowest BCUT2D eigenvalue weighted by molar-refractivity contribution is -0.139. The summed E-state index contributed by atoms with van der Waals surface area (Å²) in [4.78, 5) is 56.9. The van der Waals surface area contributed by atoms with Gasteiger partial charge in [-0.2, -0.15) is 0 Å². The molecule has 0 bridgehead atoms. The predicted molar refractivity (Wildman–Crippen MR) is 169 cm³/mol. The molecule has 0 fully saturated rings. The van der Waals surface area contributed by atoms with Gasteiger partial charge in [0.25, 0.3) is 17.6 Å². The molecule has 12 heteroatoms. The number of amides is 3. The third kappa shape index (κ3) is 5.92. The van der Waals surface area contributed by atoms with Crippen LogP contribution in [-0.4, -0.2) is 56.0 Å². The lowest BCUT2D eigenvalue weighted by atomic mass is 10.0. The van der Waals surface area contributed by atoms with Crippen LogP contribution in [0.1, 0.15) is 27.5 Å². The minimum absolute atomic E-state index is 0.0405. The molecule has 3 amide bonds. The van der Waals surface area contributed by atoms with Gasteiger partial charge in [-0.3, -0.25) is 24.1 Å². The number of rotatable bonds is 10. The zero-order valence-corrected chi connectivity index (χ0v) is 25.6. The fourth-order valence-electron chi connectivity index (χ4n) is 5.42. The van der Waals surface area contributed by atoms with Crippen LogP contribution in [0.25, 0.3) is 0 Å². The second kappa shape index (κ2) is 12.8. The first-order chi connectivity index (χ1) is 22.3. The predicted octanol–water partition coefficient (Wildman–Crippen LogP) is 5.02. The van der Waals surface area contributed by atoms with Gasteiger partial charge in [0.2, 0.25) is 12.7 Å². The van der Waals surface area contributed by atoms with E-state index in [0.29, 0.717) is 50.5 Å². The molecule has 4 aromatic rings. The van der Waals surface area contributed by atoms with E-state index in [9.17, 15) is 19.2 Å². The van der Waals surface area contributed by atoms with Crippen LogP contribution in [-0.2, 0) is 20.9 Å². The Balaban J connectivity index is 1.42. The second-order valence-electron chi connectivity index (χ2n) is 10.5. The zero-order chi connectivity index (χ0) is 32.4. The molecule has 0 saturated heterocycles. The van der Waals surface area contributed by atoms with Gasteiger partial charge >= 0.3 is 0 Å². The summed E-state index contributed by atoms with van der Waals surface area (Å²) in [7, 11) is 2.96. The number of ketones is 1. The van der Waals surface area contributed by atoms with Crippen molar-refractivity contribution < 1.29 is 38.1 Å². The number of halogens is 1. The van der Waals surface area contributed by atoms with Gasteiger partial charge in [0.05, 0.1) is 25.5 Å². The molecule has 0 spiro atoms. The minimum atomic E-state index is -1.24. The first-order valence-corrected chi connectivity index (χ1v) is 14.6. The fourth-order valence-corrected chi connectivity index (χ4v) is 5.55. The van der Waals surface area contributed by atoms with Gasteiger partial charge in [0.15, 0.2) is 23.0 Å². The number of benzene rings is 4. The highest BCUT2D eigenvalue weighted by atomic mass is 35.5. The monoisotopic (exact) mass is 641 g/mol. The van der Waals surface area contributed by atoms with Gasteiger partial charge < -0.3 is 29.2 Å². The molecule has 1 atom stereocenters. The molecule has 0 aliphatic carbocycles. The topological polar surface area (TPSA) is 124 Å². The quantitative estimate of drug-likeness (QED) is 0.239. The Morgan fingerprint density at radius 3 is 2.41 bits per heavy atom. The van der Waals surface area contributed by atoms with E-state index in [-0.39, 0.29) is 18.9 Å². The average Bonchev–Trinajstić information content (AvgIpc) is 3.63. The summed E-state index contributed by atoms with van der Waals surface area (Å²) in [6.07, 6.45) is 0. The Hall–Kier alpha value is -5.55. The van der Waals surface area contributed by atoms with Crippen molar-refractivity contribution in [3.05, 3.63) is 107 Å². The van der Waals surface area contributed by atoms with Crippen molar-refractivity contribution in [1.29, 1.82) is 0 Å². The van der Waals surface area contributed by atoms with Crippen LogP contribution in [0.15, 0.2) is 84.9 Å². The number of nitrogens with zero attached hydrogens (tertiary/aromatic N) is 2. The smallest absolute Gasteiger partial charge is 0.299 e. The lowest BCUT2D eigenvalue weighted by Crippen LogP contribution is -2.46. The molecule has 2 aliphatic heterocycles. The van der Waals surface area contributed by atoms with E-state index in [2.05, 4.69) is 5.32 Å². The van der Waals surface area contributed by atoms with E-state index in [0.717, 1.165) is 4.90 Å². The molecule has 0 radical (unpaired) electrons. The Labute approximate surface area is 269 Å². The highest BCUT2D eigenvalue weighted by molar-refractivity contribution is 6.52. The summed E-state index contributed by atoms with van der Waals surface area (Å²) in [5.41, 5.74) is 2.02. The summed E-state index contributed by atoms with van der Waals surface area (Å²) >= 11 is 6.14. The molecule has 46 heavy (non-hydrogen) atoms. The third-order valence-electron chi connectivity index (χ3n) is 7.68. The van der Waals surface area contributed by atoms with Crippen molar-refractivity contribution in [2.45, 2.75) is 12.6 Å². The highest BCUT2D eigenvalue weighted by Crippen LogP contribution is 2.37. The molecule has 6 rings (SSSR count). The highest BCUT2D eigenvalue weighted by Gasteiger charge is 2.39. The van der Waals surface area contributed by atoms with Gasteiger partial charge in [-0.15, -0.1) is 0 Å². The maximum Gasteiger partial charge on any atom is 0.299 e. The Morgan fingerprint density at radius 1 is 0.913 bits per heavy atom. The molecular formula is C34H28ClN3O8. The van der Waals surface area contributed by atoms with E-state index >= 15 is 0 Å². The number of carbonyl (C=O) groups is 4. The van der Waals surface area contributed by atoms with Gasteiger partial charge in [-0.1, -0.05) is 41.9 Å². The molecule has 1 N–H and O–H groups in total. The van der Waals surface area contributed by atoms with Gasteiger partial charge in [0.1, 0.15) is 12.6 Å². The number of methoxy groups -OCH3 is 2. The van der Waals surface area contributed by atoms with Crippen molar-refractivity contribution in [2.75, 3.05) is 37.8 Å². The Morgan fingerprint density at radius 2 is 1.65 bits per heavy atom. The third-order valence-corrected chi connectivity index (χ3v) is 7.93. The largest absolute Gasteiger partial charge is 0.493 e. The van der Waals surface area contributed by atoms with Crippen molar-refractivity contribution >= 4 is 46.5 Å². The number of hydrogen-bond donors (Lipinski definition) is 1. The van der Waals surface area contributed by atoms with Crippen LogP contribution < -0.4 is 29.2 Å². The van der Waals surface area contributed by atoms with Gasteiger partial charge in [0, 0.05) is 23.3 Å². The molecule has 4 aromatic carbocycles. The molecule has 11 nitrogen and oxygen atoms in total. The van der Waals surface area contributed by atoms with Crippen LogP contribution in [0.4, 0.5) is 11.4 Å². The summed E-state index contributed by atoms with van der Waals surface area (Å²) in [5.74, 6) is -0.905. The first kappa shape index (κ1) is 30.5. The summed E-state index contributed by atoms with van der Waals surface area (Å²) < 4.78 is 21.8. The maximum atomic E-state index is 14.4. The molecule has 1 unspecified atom stereocenters. The lowest BCUT2D eigenvalue weighted by Gasteiger charge is -2.33. The van der Waals surface area contributed by atoms with Crippen LogP contribution >= 0.6 is 11.6 Å². The van der Waals surface area contributed by atoms with Gasteiger partial charge in [-0.05, 0) is 59.7 Å². The molecule has 2 heterocycles.